The van der Waals surface area contributed by atoms with E-state index in [1.807, 2.05) is 6.07 Å². The van der Waals surface area contributed by atoms with Gasteiger partial charge in [-0.2, -0.15) is 0 Å². The zero-order chi connectivity index (χ0) is 17.3. The highest BCUT2D eigenvalue weighted by molar-refractivity contribution is 7.57. The number of rotatable bonds is 11. The normalized spacial score (nSPS) is 14.8. The molecule has 1 aromatic carbocycles. The highest BCUT2D eigenvalue weighted by Gasteiger charge is 2.28. The molecule has 0 saturated carbocycles. The second kappa shape index (κ2) is 9.48. The van der Waals surface area contributed by atoms with Gasteiger partial charge in [-0.1, -0.05) is 43.2 Å². The molecule has 7 heteroatoms. The molecule has 0 fully saturated rings. The molecule has 0 heterocycles. The third-order valence-corrected chi connectivity index (χ3v) is 5.44. The minimum Gasteiger partial charge on any atom is -0.481 e. The Morgan fingerprint density at radius 2 is 1.70 bits per heavy atom. The molecule has 1 rings (SSSR count). The first-order valence-electron chi connectivity index (χ1n) is 7.59. The van der Waals surface area contributed by atoms with Crippen LogP contribution in [0.5, 0.6) is 0 Å². The van der Waals surface area contributed by atoms with E-state index in [0.29, 0.717) is 24.8 Å². The molecule has 0 saturated heterocycles. The van der Waals surface area contributed by atoms with Crippen LogP contribution in [0.4, 0.5) is 0 Å². The van der Waals surface area contributed by atoms with Crippen molar-refractivity contribution >= 4 is 19.3 Å². The summed E-state index contributed by atoms with van der Waals surface area (Å²) >= 11 is 0. The van der Waals surface area contributed by atoms with Gasteiger partial charge in [0.05, 0.1) is 5.92 Å². The van der Waals surface area contributed by atoms with Crippen molar-refractivity contribution < 1.29 is 29.3 Å². The summed E-state index contributed by atoms with van der Waals surface area (Å²) in [4.78, 5) is 31.8. The van der Waals surface area contributed by atoms with Gasteiger partial charge in [0.15, 0.2) is 0 Å². The second-order valence-electron chi connectivity index (χ2n) is 5.70. The van der Waals surface area contributed by atoms with Crippen LogP contribution in [0.1, 0.15) is 37.7 Å². The maximum absolute atomic E-state index is 12.3. The van der Waals surface area contributed by atoms with Gasteiger partial charge in [-0.25, -0.2) is 0 Å². The minimum absolute atomic E-state index is 0.0311. The number of carboxylic acid groups (broad SMARTS) is 2. The van der Waals surface area contributed by atoms with Gasteiger partial charge < -0.3 is 15.1 Å². The number of hydrogen-bond acceptors (Lipinski definition) is 3. The third kappa shape index (κ3) is 8.53. The van der Waals surface area contributed by atoms with Gasteiger partial charge in [0.2, 0.25) is 7.37 Å². The molecule has 0 aliphatic carbocycles. The zero-order valence-electron chi connectivity index (χ0n) is 12.9. The van der Waals surface area contributed by atoms with E-state index in [2.05, 4.69) is 0 Å². The highest BCUT2D eigenvalue weighted by Crippen LogP contribution is 2.46. The van der Waals surface area contributed by atoms with E-state index in [1.54, 1.807) is 24.3 Å². The van der Waals surface area contributed by atoms with Crippen LogP contribution in [0.25, 0.3) is 0 Å². The second-order valence-corrected chi connectivity index (χ2v) is 8.07. The first-order valence-corrected chi connectivity index (χ1v) is 9.62. The molecule has 0 aliphatic rings. The zero-order valence-corrected chi connectivity index (χ0v) is 13.8. The fraction of sp³-hybridized carbons (Fsp3) is 0.500. The Balaban J connectivity index is 2.49. The van der Waals surface area contributed by atoms with Crippen molar-refractivity contribution in [3.8, 4) is 0 Å². The molecule has 6 nitrogen and oxygen atoms in total. The lowest BCUT2D eigenvalue weighted by molar-refractivity contribution is -0.141. The van der Waals surface area contributed by atoms with E-state index >= 15 is 0 Å². The molecule has 0 bridgehead atoms. The summed E-state index contributed by atoms with van der Waals surface area (Å²) in [7, 11) is -3.57. The smallest absolute Gasteiger partial charge is 0.307 e. The van der Waals surface area contributed by atoms with Crippen molar-refractivity contribution in [3.63, 3.8) is 0 Å². The van der Waals surface area contributed by atoms with Gasteiger partial charge in [-0.15, -0.1) is 0 Å². The summed E-state index contributed by atoms with van der Waals surface area (Å²) in [6.45, 7) is 0. The molecule has 0 spiro atoms. The molecular weight excluding hydrogens is 319 g/mol. The minimum atomic E-state index is -3.57. The summed E-state index contributed by atoms with van der Waals surface area (Å²) < 4.78 is 12.3. The van der Waals surface area contributed by atoms with Gasteiger partial charge in [0.1, 0.15) is 0 Å². The molecule has 3 N–H and O–H groups in total. The highest BCUT2D eigenvalue weighted by atomic mass is 31.2. The van der Waals surface area contributed by atoms with Crippen LogP contribution in [0, 0.1) is 5.92 Å². The number of aliphatic carboxylic acids is 2. The van der Waals surface area contributed by atoms with E-state index in [9.17, 15) is 24.2 Å². The van der Waals surface area contributed by atoms with E-state index < -0.39 is 25.2 Å². The number of carboxylic acids is 2. The molecule has 2 unspecified atom stereocenters. The van der Waals surface area contributed by atoms with E-state index in [1.165, 1.54) is 0 Å². The first-order chi connectivity index (χ1) is 10.8. The van der Waals surface area contributed by atoms with Crippen LogP contribution < -0.4 is 0 Å². The fourth-order valence-corrected chi connectivity index (χ4v) is 4.35. The van der Waals surface area contributed by atoms with Crippen molar-refractivity contribution in [1.29, 1.82) is 0 Å². The molecule has 23 heavy (non-hydrogen) atoms. The Bertz CT molecular complexity index is 557. The molecular formula is C16H23O6P. The Hall–Kier alpha value is -1.65. The van der Waals surface area contributed by atoms with Crippen molar-refractivity contribution in [2.24, 2.45) is 5.92 Å². The van der Waals surface area contributed by atoms with Gasteiger partial charge in [-0.05, 0) is 18.4 Å². The topological polar surface area (TPSA) is 112 Å². The van der Waals surface area contributed by atoms with Crippen molar-refractivity contribution in [2.75, 3.05) is 6.16 Å². The molecule has 1 aromatic rings. The number of benzene rings is 1. The predicted molar refractivity (Wildman–Crippen MR) is 86.7 cm³/mol. The maximum Gasteiger partial charge on any atom is 0.307 e. The quantitative estimate of drug-likeness (QED) is 0.420. The number of hydrogen-bond donors (Lipinski definition) is 3. The standard InChI is InChI=1S/C16H23O6P/c17-15(18)10-6-2-5-9-14(16(19)20)12-23(21,22)11-13-7-3-1-4-8-13/h1,3-4,7-8,14H,2,5-6,9-12H2,(H,17,18)(H,19,20)(H,21,22). The van der Waals surface area contributed by atoms with E-state index in [0.717, 1.165) is 0 Å². The summed E-state index contributed by atoms with van der Waals surface area (Å²) in [6, 6.07) is 8.83. The third-order valence-electron chi connectivity index (χ3n) is 3.57. The van der Waals surface area contributed by atoms with E-state index in [4.69, 9.17) is 5.11 Å². The Kier molecular flexibility index (Phi) is 8.00. The predicted octanol–water partition coefficient (Wildman–Crippen LogP) is 3.19. The van der Waals surface area contributed by atoms with Crippen LogP contribution >= 0.6 is 7.37 Å². The Labute approximate surface area is 135 Å². The molecule has 0 aliphatic heterocycles. The summed E-state index contributed by atoms with van der Waals surface area (Å²) in [5, 5.41) is 17.8. The van der Waals surface area contributed by atoms with Crippen LogP contribution in [0.2, 0.25) is 0 Å². The van der Waals surface area contributed by atoms with Gasteiger partial charge >= 0.3 is 11.9 Å². The lowest BCUT2D eigenvalue weighted by Crippen LogP contribution is -2.18. The van der Waals surface area contributed by atoms with E-state index in [-0.39, 0.29) is 25.2 Å². The largest absolute Gasteiger partial charge is 0.481 e. The van der Waals surface area contributed by atoms with Crippen LogP contribution in [-0.2, 0) is 20.3 Å². The van der Waals surface area contributed by atoms with Crippen molar-refractivity contribution in [1.82, 2.24) is 0 Å². The molecule has 2 atom stereocenters. The Morgan fingerprint density at radius 1 is 1.04 bits per heavy atom. The molecule has 0 amide bonds. The Morgan fingerprint density at radius 3 is 2.26 bits per heavy atom. The van der Waals surface area contributed by atoms with Crippen molar-refractivity contribution in [2.45, 2.75) is 38.3 Å². The fourth-order valence-electron chi connectivity index (χ4n) is 2.41. The van der Waals surface area contributed by atoms with Crippen LogP contribution in [0.3, 0.4) is 0 Å². The molecule has 0 aromatic heterocycles. The summed E-state index contributed by atoms with van der Waals surface area (Å²) in [5.41, 5.74) is 0.712. The summed E-state index contributed by atoms with van der Waals surface area (Å²) in [5.74, 6) is -2.83. The lowest BCUT2D eigenvalue weighted by Gasteiger charge is -2.17. The molecule has 0 radical (unpaired) electrons. The SMILES string of the molecule is O=C(O)CCCCCC(CP(=O)(O)Cc1ccccc1)C(=O)O. The van der Waals surface area contributed by atoms with Gasteiger partial charge in [-0.3, -0.25) is 14.2 Å². The lowest BCUT2D eigenvalue weighted by atomic mass is 10.0. The molecule has 128 valence electrons. The summed E-state index contributed by atoms with van der Waals surface area (Å²) in [6.07, 6.45) is 1.69. The average Bonchev–Trinajstić information content (AvgIpc) is 2.45. The van der Waals surface area contributed by atoms with Crippen LogP contribution in [-0.4, -0.2) is 33.2 Å². The van der Waals surface area contributed by atoms with Crippen molar-refractivity contribution in [3.05, 3.63) is 35.9 Å². The monoisotopic (exact) mass is 342 g/mol. The number of unbranched alkanes of at least 4 members (excludes halogenated alkanes) is 2. The first kappa shape index (κ1) is 19.4. The number of carbonyl (C=O) groups is 2. The maximum atomic E-state index is 12.3. The van der Waals surface area contributed by atoms with Gasteiger partial charge in [0.25, 0.3) is 0 Å². The van der Waals surface area contributed by atoms with Crippen LogP contribution in [0.15, 0.2) is 30.3 Å². The average molecular weight is 342 g/mol. The van der Waals surface area contributed by atoms with Gasteiger partial charge in [0, 0.05) is 18.7 Å².